The molecular weight excluding hydrogens is 321 g/mol. The summed E-state index contributed by atoms with van der Waals surface area (Å²) in [5.74, 6) is -0.386. The van der Waals surface area contributed by atoms with Crippen molar-refractivity contribution in [2.45, 2.75) is 18.9 Å². The van der Waals surface area contributed by atoms with Gasteiger partial charge in [0.1, 0.15) is 5.82 Å². The number of hydrogen-bond acceptors (Lipinski definition) is 3. The molecular formula is C18H18FN5O. The zero-order valence-electron chi connectivity index (χ0n) is 13.6. The van der Waals surface area contributed by atoms with Crippen molar-refractivity contribution in [3.63, 3.8) is 0 Å². The number of benzene rings is 1. The van der Waals surface area contributed by atoms with E-state index in [0.717, 1.165) is 19.4 Å². The molecule has 1 fully saturated rings. The second-order valence-corrected chi connectivity index (χ2v) is 6.16. The lowest BCUT2D eigenvalue weighted by molar-refractivity contribution is 0.0666. The van der Waals surface area contributed by atoms with Crippen LogP contribution in [0.3, 0.4) is 0 Å². The molecule has 0 bridgehead atoms. The molecule has 4 rings (SSSR count). The minimum atomic E-state index is -0.301. The normalized spacial score (nSPS) is 17.6. The topological polar surface area (TPSA) is 56.0 Å². The van der Waals surface area contributed by atoms with E-state index < -0.39 is 0 Å². The Balaban J connectivity index is 1.50. The van der Waals surface area contributed by atoms with Crippen LogP contribution < -0.4 is 0 Å². The van der Waals surface area contributed by atoms with Crippen molar-refractivity contribution in [1.29, 1.82) is 0 Å². The number of carbonyl (C=O) groups excluding carboxylic acids is 1. The maximum absolute atomic E-state index is 13.0. The predicted molar refractivity (Wildman–Crippen MR) is 89.9 cm³/mol. The summed E-state index contributed by atoms with van der Waals surface area (Å²) in [6.07, 6.45) is 7.35. The molecule has 128 valence electrons. The number of aromatic nitrogens is 4. The SMILES string of the molecule is O=C(c1ccn(-c2ccc(F)cc2)n1)N1CCCC(n2cccn2)C1. The van der Waals surface area contributed by atoms with Crippen molar-refractivity contribution >= 4 is 5.91 Å². The summed E-state index contributed by atoms with van der Waals surface area (Å²) in [6.45, 7) is 1.35. The van der Waals surface area contributed by atoms with Gasteiger partial charge in [0.05, 0.1) is 11.7 Å². The van der Waals surface area contributed by atoms with Crippen molar-refractivity contribution in [2.75, 3.05) is 13.1 Å². The van der Waals surface area contributed by atoms with Gasteiger partial charge in [-0.2, -0.15) is 10.2 Å². The van der Waals surface area contributed by atoms with Gasteiger partial charge in [-0.1, -0.05) is 0 Å². The van der Waals surface area contributed by atoms with Crippen LogP contribution in [0.15, 0.2) is 55.0 Å². The molecule has 0 N–H and O–H groups in total. The Labute approximate surface area is 144 Å². The summed E-state index contributed by atoms with van der Waals surface area (Å²) < 4.78 is 16.5. The fraction of sp³-hybridized carbons (Fsp3) is 0.278. The van der Waals surface area contributed by atoms with Crippen LogP contribution in [0, 0.1) is 5.82 Å². The molecule has 6 nitrogen and oxygen atoms in total. The smallest absolute Gasteiger partial charge is 0.274 e. The average molecular weight is 339 g/mol. The third-order valence-electron chi connectivity index (χ3n) is 4.48. The highest BCUT2D eigenvalue weighted by Crippen LogP contribution is 2.22. The van der Waals surface area contributed by atoms with Crippen molar-refractivity contribution in [3.8, 4) is 5.69 Å². The summed E-state index contributed by atoms with van der Waals surface area (Å²) in [7, 11) is 0. The van der Waals surface area contributed by atoms with Crippen molar-refractivity contribution in [2.24, 2.45) is 0 Å². The van der Waals surface area contributed by atoms with Crippen LogP contribution in [0.4, 0.5) is 4.39 Å². The molecule has 7 heteroatoms. The highest BCUT2D eigenvalue weighted by atomic mass is 19.1. The van der Waals surface area contributed by atoms with Crippen LogP contribution in [-0.4, -0.2) is 43.5 Å². The number of likely N-dealkylation sites (tertiary alicyclic amines) is 1. The van der Waals surface area contributed by atoms with Gasteiger partial charge in [0.25, 0.3) is 5.91 Å². The van der Waals surface area contributed by atoms with E-state index in [1.54, 1.807) is 35.3 Å². The summed E-state index contributed by atoms with van der Waals surface area (Å²) in [5, 5.41) is 8.64. The predicted octanol–water partition coefficient (Wildman–Crippen LogP) is 2.69. The number of carbonyl (C=O) groups is 1. The molecule has 1 aromatic carbocycles. The van der Waals surface area contributed by atoms with Crippen LogP contribution in [0.5, 0.6) is 0 Å². The lowest BCUT2D eigenvalue weighted by Gasteiger charge is -2.32. The molecule has 0 aliphatic carbocycles. The molecule has 3 heterocycles. The van der Waals surface area contributed by atoms with Crippen molar-refractivity contribution in [3.05, 3.63) is 66.5 Å². The maximum atomic E-state index is 13.0. The minimum absolute atomic E-state index is 0.0854. The lowest BCUT2D eigenvalue weighted by Crippen LogP contribution is -2.41. The number of rotatable bonds is 3. The number of hydrogen-bond donors (Lipinski definition) is 0. The zero-order valence-corrected chi connectivity index (χ0v) is 13.6. The Morgan fingerprint density at radius 2 is 2.00 bits per heavy atom. The molecule has 2 aromatic heterocycles. The summed E-state index contributed by atoms with van der Waals surface area (Å²) in [4.78, 5) is 14.6. The van der Waals surface area contributed by atoms with Gasteiger partial charge in [-0.25, -0.2) is 9.07 Å². The minimum Gasteiger partial charge on any atom is -0.335 e. The Hall–Kier alpha value is -2.96. The second kappa shape index (κ2) is 6.51. The third kappa shape index (κ3) is 3.17. The number of amides is 1. The lowest BCUT2D eigenvalue weighted by atomic mass is 10.1. The monoisotopic (exact) mass is 339 g/mol. The summed E-state index contributed by atoms with van der Waals surface area (Å²) in [5.41, 5.74) is 1.11. The Morgan fingerprint density at radius 1 is 1.16 bits per heavy atom. The fourth-order valence-corrected chi connectivity index (χ4v) is 3.19. The first-order valence-corrected chi connectivity index (χ1v) is 8.31. The van der Waals surface area contributed by atoms with E-state index in [-0.39, 0.29) is 17.8 Å². The molecule has 0 saturated carbocycles. The first kappa shape index (κ1) is 15.6. The number of nitrogens with zero attached hydrogens (tertiary/aromatic N) is 5. The Kier molecular flexibility index (Phi) is 4.05. The van der Waals surface area contributed by atoms with E-state index >= 15 is 0 Å². The Morgan fingerprint density at radius 3 is 2.76 bits per heavy atom. The van der Waals surface area contributed by atoms with Gasteiger partial charge >= 0.3 is 0 Å². The van der Waals surface area contributed by atoms with Crippen molar-refractivity contribution < 1.29 is 9.18 Å². The van der Waals surface area contributed by atoms with Gasteiger partial charge in [0, 0.05) is 31.7 Å². The van der Waals surface area contributed by atoms with E-state index in [9.17, 15) is 9.18 Å². The molecule has 1 unspecified atom stereocenters. The fourth-order valence-electron chi connectivity index (χ4n) is 3.19. The van der Waals surface area contributed by atoms with Crippen molar-refractivity contribution in [1.82, 2.24) is 24.5 Å². The van der Waals surface area contributed by atoms with Gasteiger partial charge in [-0.15, -0.1) is 0 Å². The largest absolute Gasteiger partial charge is 0.335 e. The molecule has 25 heavy (non-hydrogen) atoms. The molecule has 1 atom stereocenters. The molecule has 1 saturated heterocycles. The zero-order chi connectivity index (χ0) is 17.2. The summed E-state index contributed by atoms with van der Waals surface area (Å²) >= 11 is 0. The van der Waals surface area contributed by atoms with Gasteiger partial charge in [-0.3, -0.25) is 9.48 Å². The molecule has 1 aliphatic heterocycles. The standard InChI is InChI=1S/C18H18FN5O/c19-14-4-6-15(7-5-14)24-12-8-17(21-24)18(25)22-10-1-3-16(13-22)23-11-2-9-20-23/h2,4-9,11-12,16H,1,3,10,13H2. The van der Waals surface area contributed by atoms with E-state index in [2.05, 4.69) is 10.2 Å². The van der Waals surface area contributed by atoms with Crippen LogP contribution >= 0.6 is 0 Å². The first-order valence-electron chi connectivity index (χ1n) is 8.31. The molecule has 3 aromatic rings. The Bertz CT molecular complexity index is 856. The van der Waals surface area contributed by atoms with E-state index in [0.29, 0.717) is 17.9 Å². The number of halogens is 1. The maximum Gasteiger partial charge on any atom is 0.274 e. The van der Waals surface area contributed by atoms with Crippen LogP contribution in [0.2, 0.25) is 0 Å². The molecule has 1 amide bonds. The second-order valence-electron chi connectivity index (χ2n) is 6.16. The summed E-state index contributed by atoms with van der Waals surface area (Å²) in [6, 6.07) is 9.80. The number of piperidine rings is 1. The molecule has 1 aliphatic rings. The van der Waals surface area contributed by atoms with Crippen LogP contribution in [0.25, 0.3) is 5.69 Å². The van der Waals surface area contributed by atoms with Gasteiger partial charge in [0.15, 0.2) is 5.69 Å². The average Bonchev–Trinajstić information content (AvgIpc) is 3.34. The van der Waals surface area contributed by atoms with Gasteiger partial charge in [0.2, 0.25) is 0 Å². The van der Waals surface area contributed by atoms with Crippen LogP contribution in [-0.2, 0) is 0 Å². The first-order chi connectivity index (χ1) is 12.2. The quantitative estimate of drug-likeness (QED) is 0.737. The molecule has 0 spiro atoms. The van der Waals surface area contributed by atoms with E-state index in [4.69, 9.17) is 0 Å². The van der Waals surface area contributed by atoms with Gasteiger partial charge < -0.3 is 4.90 Å². The molecule has 0 radical (unpaired) electrons. The van der Waals surface area contributed by atoms with Crippen LogP contribution in [0.1, 0.15) is 29.4 Å². The van der Waals surface area contributed by atoms with E-state index in [1.165, 1.54) is 12.1 Å². The third-order valence-corrected chi connectivity index (χ3v) is 4.48. The highest BCUT2D eigenvalue weighted by molar-refractivity contribution is 5.92. The highest BCUT2D eigenvalue weighted by Gasteiger charge is 2.26. The van der Waals surface area contributed by atoms with E-state index in [1.807, 2.05) is 21.8 Å². The van der Waals surface area contributed by atoms with Gasteiger partial charge in [-0.05, 0) is 49.2 Å².